The first kappa shape index (κ1) is 16.9. The summed E-state index contributed by atoms with van der Waals surface area (Å²) in [5, 5.41) is 12.7. The molecule has 3 aromatic heterocycles. The SMILES string of the molecule is Cc1cc(Cn2nnc(C(=O)OCc3nc4c(s3)CCCC4)c2C)no1. The fourth-order valence-electron chi connectivity index (χ4n) is 3.01. The first-order valence-corrected chi connectivity index (χ1v) is 9.38. The van der Waals surface area contributed by atoms with Gasteiger partial charge in [-0.1, -0.05) is 10.4 Å². The van der Waals surface area contributed by atoms with E-state index in [0.29, 0.717) is 12.2 Å². The Morgan fingerprint density at radius 2 is 2.19 bits per heavy atom. The monoisotopic (exact) mass is 373 g/mol. The van der Waals surface area contributed by atoms with Gasteiger partial charge in [-0.05, 0) is 39.5 Å². The highest BCUT2D eigenvalue weighted by Crippen LogP contribution is 2.27. The Morgan fingerprint density at radius 1 is 1.35 bits per heavy atom. The highest BCUT2D eigenvalue weighted by Gasteiger charge is 2.20. The van der Waals surface area contributed by atoms with E-state index in [2.05, 4.69) is 20.5 Å². The van der Waals surface area contributed by atoms with Crippen molar-refractivity contribution in [3.05, 3.63) is 44.5 Å². The molecule has 0 spiro atoms. The highest BCUT2D eigenvalue weighted by atomic mass is 32.1. The maximum atomic E-state index is 12.4. The summed E-state index contributed by atoms with van der Waals surface area (Å²) in [5.41, 5.74) is 2.74. The topological polar surface area (TPSA) is 95.9 Å². The van der Waals surface area contributed by atoms with Gasteiger partial charge >= 0.3 is 5.97 Å². The Labute approximate surface area is 154 Å². The zero-order valence-corrected chi connectivity index (χ0v) is 15.5. The minimum Gasteiger partial charge on any atom is -0.453 e. The zero-order valence-electron chi connectivity index (χ0n) is 14.7. The number of ether oxygens (including phenoxy) is 1. The van der Waals surface area contributed by atoms with Gasteiger partial charge in [0.15, 0.2) is 5.69 Å². The molecule has 0 N–H and O–H groups in total. The van der Waals surface area contributed by atoms with E-state index in [1.165, 1.54) is 17.7 Å². The van der Waals surface area contributed by atoms with Crippen LogP contribution in [-0.4, -0.2) is 31.1 Å². The summed E-state index contributed by atoms with van der Waals surface area (Å²) >= 11 is 1.64. The number of aryl methyl sites for hydroxylation is 3. The van der Waals surface area contributed by atoms with Gasteiger partial charge in [0.2, 0.25) is 0 Å². The summed E-state index contributed by atoms with van der Waals surface area (Å²) in [5.74, 6) is 0.238. The molecule has 0 fully saturated rings. The zero-order chi connectivity index (χ0) is 18.1. The van der Waals surface area contributed by atoms with Crippen LogP contribution in [-0.2, 0) is 30.7 Å². The van der Waals surface area contributed by atoms with Crippen molar-refractivity contribution in [2.24, 2.45) is 0 Å². The Morgan fingerprint density at radius 3 is 2.96 bits per heavy atom. The molecule has 8 nitrogen and oxygen atoms in total. The third-order valence-electron chi connectivity index (χ3n) is 4.38. The summed E-state index contributed by atoms with van der Waals surface area (Å²) in [6.45, 7) is 4.17. The van der Waals surface area contributed by atoms with Crippen LogP contribution < -0.4 is 0 Å². The average molecular weight is 373 g/mol. The molecular weight excluding hydrogens is 354 g/mol. The van der Waals surface area contributed by atoms with Crippen LogP contribution in [0.5, 0.6) is 0 Å². The summed E-state index contributed by atoms with van der Waals surface area (Å²) < 4.78 is 12.1. The Balaban J connectivity index is 1.41. The van der Waals surface area contributed by atoms with Crippen molar-refractivity contribution in [2.45, 2.75) is 52.7 Å². The lowest BCUT2D eigenvalue weighted by Crippen LogP contribution is -2.09. The lowest BCUT2D eigenvalue weighted by molar-refractivity contribution is 0.0464. The molecule has 3 heterocycles. The van der Waals surface area contributed by atoms with Gasteiger partial charge in [-0.3, -0.25) is 0 Å². The van der Waals surface area contributed by atoms with E-state index in [0.717, 1.165) is 35.0 Å². The van der Waals surface area contributed by atoms with Crippen LogP contribution >= 0.6 is 11.3 Å². The van der Waals surface area contributed by atoms with Gasteiger partial charge in [-0.2, -0.15) is 0 Å². The molecule has 0 amide bonds. The molecule has 0 aliphatic heterocycles. The van der Waals surface area contributed by atoms with Crippen molar-refractivity contribution in [3.63, 3.8) is 0 Å². The fraction of sp³-hybridized carbons (Fsp3) is 0.471. The maximum absolute atomic E-state index is 12.4. The fourth-order valence-corrected chi connectivity index (χ4v) is 4.08. The van der Waals surface area contributed by atoms with E-state index < -0.39 is 5.97 Å². The van der Waals surface area contributed by atoms with E-state index in [9.17, 15) is 4.79 Å². The number of rotatable bonds is 5. The molecule has 0 atom stereocenters. The summed E-state index contributed by atoms with van der Waals surface area (Å²) in [6.07, 6.45) is 4.50. The van der Waals surface area contributed by atoms with Crippen LogP contribution in [0.4, 0.5) is 0 Å². The Kier molecular flexibility index (Phi) is 4.54. The molecule has 1 aliphatic carbocycles. The first-order valence-electron chi connectivity index (χ1n) is 8.57. The molecule has 3 aromatic rings. The molecule has 0 radical (unpaired) electrons. The quantitative estimate of drug-likeness (QED) is 0.634. The van der Waals surface area contributed by atoms with Crippen molar-refractivity contribution in [3.8, 4) is 0 Å². The number of thiazole rings is 1. The van der Waals surface area contributed by atoms with E-state index in [1.807, 2.05) is 13.0 Å². The maximum Gasteiger partial charge on any atom is 0.361 e. The summed E-state index contributed by atoms with van der Waals surface area (Å²) in [4.78, 5) is 18.3. The third-order valence-corrected chi connectivity index (χ3v) is 5.51. The molecule has 0 saturated heterocycles. The second-order valence-corrected chi connectivity index (χ2v) is 7.54. The van der Waals surface area contributed by atoms with Crippen molar-refractivity contribution in [1.82, 2.24) is 25.1 Å². The van der Waals surface area contributed by atoms with Crippen LogP contribution in [0.2, 0.25) is 0 Å². The van der Waals surface area contributed by atoms with Gasteiger partial charge in [-0.15, -0.1) is 16.4 Å². The lowest BCUT2D eigenvalue weighted by atomic mass is 10.0. The van der Waals surface area contributed by atoms with Gasteiger partial charge in [0.1, 0.15) is 23.1 Å². The number of aromatic nitrogens is 5. The van der Waals surface area contributed by atoms with Crippen molar-refractivity contribution < 1.29 is 14.1 Å². The largest absolute Gasteiger partial charge is 0.453 e. The van der Waals surface area contributed by atoms with Gasteiger partial charge in [-0.25, -0.2) is 14.5 Å². The predicted molar refractivity (Wildman–Crippen MR) is 93.0 cm³/mol. The predicted octanol–water partition coefficient (Wildman–Crippen LogP) is 2.62. The van der Waals surface area contributed by atoms with Gasteiger partial charge in [0.05, 0.1) is 17.9 Å². The number of carbonyl (C=O) groups is 1. The number of nitrogens with zero attached hydrogens (tertiary/aromatic N) is 5. The van der Waals surface area contributed by atoms with Crippen molar-refractivity contribution in [2.75, 3.05) is 0 Å². The molecule has 0 bridgehead atoms. The number of hydrogen-bond acceptors (Lipinski definition) is 8. The molecule has 136 valence electrons. The molecular formula is C17H19N5O3S. The lowest BCUT2D eigenvalue weighted by Gasteiger charge is -2.06. The van der Waals surface area contributed by atoms with Gasteiger partial charge in [0, 0.05) is 10.9 Å². The minimum absolute atomic E-state index is 0.172. The van der Waals surface area contributed by atoms with Crippen molar-refractivity contribution >= 4 is 17.3 Å². The van der Waals surface area contributed by atoms with Crippen molar-refractivity contribution in [1.29, 1.82) is 0 Å². The molecule has 0 aromatic carbocycles. The van der Waals surface area contributed by atoms with Crippen LogP contribution in [0.1, 0.15) is 56.1 Å². The van der Waals surface area contributed by atoms with Gasteiger partial charge < -0.3 is 9.26 Å². The van der Waals surface area contributed by atoms with Gasteiger partial charge in [0.25, 0.3) is 0 Å². The molecule has 9 heteroatoms. The van der Waals surface area contributed by atoms with E-state index in [4.69, 9.17) is 9.26 Å². The van der Waals surface area contributed by atoms with Crippen LogP contribution in [0, 0.1) is 13.8 Å². The average Bonchev–Trinajstić information content (AvgIpc) is 3.32. The molecule has 26 heavy (non-hydrogen) atoms. The Bertz CT molecular complexity index is 919. The molecule has 1 aliphatic rings. The molecule has 0 unspecified atom stereocenters. The van der Waals surface area contributed by atoms with E-state index in [-0.39, 0.29) is 12.3 Å². The molecule has 0 saturated carbocycles. The van der Waals surface area contributed by atoms with Crippen LogP contribution in [0.3, 0.4) is 0 Å². The Hall–Kier alpha value is -2.55. The molecule has 4 rings (SSSR count). The number of esters is 1. The number of carbonyl (C=O) groups excluding carboxylic acids is 1. The summed E-state index contributed by atoms with van der Waals surface area (Å²) in [6, 6.07) is 1.82. The normalized spacial score (nSPS) is 13.6. The highest BCUT2D eigenvalue weighted by molar-refractivity contribution is 7.11. The van der Waals surface area contributed by atoms with Crippen LogP contribution in [0.25, 0.3) is 0 Å². The standard InChI is InChI=1S/C17H19N5O3S/c1-10-7-12(20-25-10)8-22-11(2)16(19-21-22)17(23)24-9-15-18-13-5-3-4-6-14(13)26-15/h7H,3-6,8-9H2,1-2H3. The smallest absolute Gasteiger partial charge is 0.361 e. The number of fused-ring (bicyclic) bond motifs is 1. The third kappa shape index (κ3) is 3.39. The van der Waals surface area contributed by atoms with E-state index >= 15 is 0 Å². The van der Waals surface area contributed by atoms with Crippen LogP contribution in [0.15, 0.2) is 10.6 Å². The second-order valence-electron chi connectivity index (χ2n) is 6.37. The first-order chi connectivity index (χ1) is 12.6. The summed E-state index contributed by atoms with van der Waals surface area (Å²) in [7, 11) is 0. The number of hydrogen-bond donors (Lipinski definition) is 0. The second kappa shape index (κ2) is 6.99. The minimum atomic E-state index is -0.488. The van der Waals surface area contributed by atoms with E-state index in [1.54, 1.807) is 22.9 Å².